The van der Waals surface area contributed by atoms with Gasteiger partial charge in [-0.15, -0.1) is 0 Å². The van der Waals surface area contributed by atoms with Gasteiger partial charge in [0.25, 0.3) is 11.8 Å². The van der Waals surface area contributed by atoms with Gasteiger partial charge in [-0.3, -0.25) is 9.59 Å². The first-order chi connectivity index (χ1) is 15.4. The Morgan fingerprint density at radius 2 is 1.53 bits per heavy atom. The number of rotatable bonds is 9. The molecule has 166 valence electrons. The third kappa shape index (κ3) is 6.20. The quantitative estimate of drug-likeness (QED) is 0.483. The Kier molecular flexibility index (Phi) is 7.66. The molecule has 0 atom stereocenters. The molecule has 0 aromatic heterocycles. The topological polar surface area (TPSA) is 67.4 Å². The molecule has 5 heteroatoms. The van der Waals surface area contributed by atoms with Gasteiger partial charge < -0.3 is 15.4 Å². The summed E-state index contributed by atoms with van der Waals surface area (Å²) in [5.41, 5.74) is 3.19. The van der Waals surface area contributed by atoms with E-state index in [9.17, 15) is 9.59 Å². The first kappa shape index (κ1) is 23.1. The lowest BCUT2D eigenvalue weighted by atomic mass is 9.82. The second-order valence-electron chi connectivity index (χ2n) is 8.31. The lowest BCUT2D eigenvalue weighted by Crippen LogP contribution is -2.26. The van der Waals surface area contributed by atoms with Crippen LogP contribution < -0.4 is 15.4 Å². The Labute approximate surface area is 189 Å². The summed E-state index contributed by atoms with van der Waals surface area (Å²) >= 11 is 0. The predicted octanol–water partition coefficient (Wildman–Crippen LogP) is 5.32. The largest absolute Gasteiger partial charge is 0.484 e. The number of amides is 2. The van der Waals surface area contributed by atoms with E-state index in [0.29, 0.717) is 23.5 Å². The zero-order chi connectivity index (χ0) is 23.0. The van der Waals surface area contributed by atoms with Crippen molar-refractivity contribution in [1.29, 1.82) is 0 Å². The molecular formula is C27H30N2O3. The normalized spacial score (nSPS) is 11.0. The summed E-state index contributed by atoms with van der Waals surface area (Å²) in [6.07, 6.45) is 1.04. The second kappa shape index (κ2) is 10.6. The van der Waals surface area contributed by atoms with E-state index in [1.165, 1.54) is 5.56 Å². The van der Waals surface area contributed by atoms with Crippen LogP contribution in [0.4, 0.5) is 5.69 Å². The van der Waals surface area contributed by atoms with E-state index in [2.05, 4.69) is 31.4 Å². The summed E-state index contributed by atoms with van der Waals surface area (Å²) in [5, 5.41) is 5.67. The standard InChI is InChI=1S/C27H30N2O3/c1-4-27(2,3)21-14-16-22(17-15-21)32-19-25(30)29-24-13-9-8-12-23(24)26(31)28-18-20-10-6-5-7-11-20/h5-17H,4,18-19H2,1-3H3,(H,28,31)(H,29,30). The van der Waals surface area contributed by atoms with Crippen LogP contribution in [-0.4, -0.2) is 18.4 Å². The smallest absolute Gasteiger partial charge is 0.262 e. The summed E-state index contributed by atoms with van der Waals surface area (Å²) in [4.78, 5) is 25.1. The van der Waals surface area contributed by atoms with Crippen LogP contribution >= 0.6 is 0 Å². The van der Waals surface area contributed by atoms with Crippen LogP contribution in [0.3, 0.4) is 0 Å². The summed E-state index contributed by atoms with van der Waals surface area (Å²) in [5.74, 6) is 0.0516. The minimum atomic E-state index is -0.328. The van der Waals surface area contributed by atoms with Crippen molar-refractivity contribution in [2.24, 2.45) is 0 Å². The number of carbonyl (C=O) groups is 2. The van der Waals surface area contributed by atoms with Crippen LogP contribution in [0.25, 0.3) is 0 Å². The summed E-state index contributed by atoms with van der Waals surface area (Å²) in [7, 11) is 0. The maximum absolute atomic E-state index is 12.6. The Bertz CT molecular complexity index is 1040. The van der Waals surface area contributed by atoms with Crippen LogP contribution in [-0.2, 0) is 16.8 Å². The maximum atomic E-state index is 12.6. The molecule has 0 aliphatic heterocycles. The minimum absolute atomic E-state index is 0.0979. The highest BCUT2D eigenvalue weighted by Gasteiger charge is 2.18. The van der Waals surface area contributed by atoms with Gasteiger partial charge in [-0.2, -0.15) is 0 Å². The molecule has 0 radical (unpaired) electrons. The average molecular weight is 431 g/mol. The Morgan fingerprint density at radius 3 is 2.22 bits per heavy atom. The number of hydrogen-bond donors (Lipinski definition) is 2. The van der Waals surface area contributed by atoms with Gasteiger partial charge in [0, 0.05) is 6.54 Å². The molecule has 3 rings (SSSR count). The van der Waals surface area contributed by atoms with Crippen LogP contribution in [0.1, 0.15) is 48.7 Å². The van der Waals surface area contributed by atoms with Crippen molar-refractivity contribution in [2.75, 3.05) is 11.9 Å². The van der Waals surface area contributed by atoms with E-state index < -0.39 is 0 Å². The predicted molar refractivity (Wildman–Crippen MR) is 128 cm³/mol. The van der Waals surface area contributed by atoms with E-state index in [1.807, 2.05) is 54.6 Å². The minimum Gasteiger partial charge on any atom is -0.484 e. The fraction of sp³-hybridized carbons (Fsp3) is 0.259. The van der Waals surface area contributed by atoms with Crippen molar-refractivity contribution in [3.63, 3.8) is 0 Å². The lowest BCUT2D eigenvalue weighted by molar-refractivity contribution is -0.118. The highest BCUT2D eigenvalue weighted by atomic mass is 16.5. The summed E-state index contributed by atoms with van der Waals surface area (Å²) < 4.78 is 5.63. The summed E-state index contributed by atoms with van der Waals surface area (Å²) in [6, 6.07) is 24.4. The van der Waals surface area contributed by atoms with E-state index in [1.54, 1.807) is 24.3 Å². The average Bonchev–Trinajstić information content (AvgIpc) is 2.82. The van der Waals surface area contributed by atoms with E-state index >= 15 is 0 Å². The molecule has 0 bridgehead atoms. The number of hydrogen-bond acceptors (Lipinski definition) is 3. The Morgan fingerprint density at radius 1 is 0.875 bits per heavy atom. The maximum Gasteiger partial charge on any atom is 0.262 e. The molecule has 32 heavy (non-hydrogen) atoms. The van der Waals surface area contributed by atoms with E-state index in [4.69, 9.17) is 4.74 Å². The van der Waals surface area contributed by atoms with Crippen LogP contribution in [0.15, 0.2) is 78.9 Å². The van der Waals surface area contributed by atoms with Crippen molar-refractivity contribution >= 4 is 17.5 Å². The van der Waals surface area contributed by atoms with Crippen LogP contribution in [0.2, 0.25) is 0 Å². The van der Waals surface area contributed by atoms with Crippen LogP contribution in [0, 0.1) is 0 Å². The molecule has 0 aliphatic carbocycles. The number of para-hydroxylation sites is 1. The van der Waals surface area contributed by atoms with Crippen LogP contribution in [0.5, 0.6) is 5.75 Å². The fourth-order valence-corrected chi connectivity index (χ4v) is 3.21. The SMILES string of the molecule is CCC(C)(C)c1ccc(OCC(=O)Nc2ccccc2C(=O)NCc2ccccc2)cc1. The highest BCUT2D eigenvalue weighted by molar-refractivity contribution is 6.04. The first-order valence-electron chi connectivity index (χ1n) is 10.8. The van der Waals surface area contributed by atoms with Gasteiger partial charge in [-0.05, 0) is 47.2 Å². The highest BCUT2D eigenvalue weighted by Crippen LogP contribution is 2.28. The van der Waals surface area contributed by atoms with Gasteiger partial charge >= 0.3 is 0 Å². The second-order valence-corrected chi connectivity index (χ2v) is 8.31. The fourth-order valence-electron chi connectivity index (χ4n) is 3.21. The molecule has 2 amide bonds. The number of benzene rings is 3. The number of carbonyl (C=O) groups excluding carboxylic acids is 2. The number of nitrogens with one attached hydrogen (secondary N) is 2. The van der Waals surface area contributed by atoms with Gasteiger partial charge in [0.1, 0.15) is 5.75 Å². The number of anilines is 1. The monoisotopic (exact) mass is 430 g/mol. The lowest BCUT2D eigenvalue weighted by Gasteiger charge is -2.23. The molecule has 0 saturated carbocycles. The summed E-state index contributed by atoms with van der Waals surface area (Å²) in [6.45, 7) is 6.83. The van der Waals surface area contributed by atoms with E-state index in [-0.39, 0.29) is 23.8 Å². The Balaban J connectivity index is 1.57. The van der Waals surface area contributed by atoms with Crippen molar-refractivity contribution in [1.82, 2.24) is 5.32 Å². The number of ether oxygens (including phenoxy) is 1. The van der Waals surface area contributed by atoms with Gasteiger partial charge in [0.2, 0.25) is 0 Å². The molecular weight excluding hydrogens is 400 g/mol. The van der Waals surface area contributed by atoms with Gasteiger partial charge in [0.05, 0.1) is 11.3 Å². The van der Waals surface area contributed by atoms with Gasteiger partial charge in [0.15, 0.2) is 6.61 Å². The Hall–Kier alpha value is -3.60. The molecule has 3 aromatic rings. The molecule has 3 aromatic carbocycles. The third-order valence-electron chi connectivity index (χ3n) is 5.63. The molecule has 5 nitrogen and oxygen atoms in total. The third-order valence-corrected chi connectivity index (χ3v) is 5.63. The molecule has 0 heterocycles. The molecule has 0 aliphatic rings. The van der Waals surface area contributed by atoms with Crippen molar-refractivity contribution < 1.29 is 14.3 Å². The van der Waals surface area contributed by atoms with Gasteiger partial charge in [-0.1, -0.05) is 75.4 Å². The first-order valence-corrected chi connectivity index (χ1v) is 10.8. The van der Waals surface area contributed by atoms with Gasteiger partial charge in [-0.25, -0.2) is 0 Å². The molecule has 0 saturated heterocycles. The van der Waals surface area contributed by atoms with Crippen molar-refractivity contribution in [3.05, 3.63) is 95.6 Å². The molecule has 0 unspecified atom stereocenters. The molecule has 2 N–H and O–H groups in total. The van der Waals surface area contributed by atoms with Crippen molar-refractivity contribution in [2.45, 2.75) is 39.2 Å². The zero-order valence-corrected chi connectivity index (χ0v) is 18.9. The molecule has 0 spiro atoms. The van der Waals surface area contributed by atoms with Crippen molar-refractivity contribution in [3.8, 4) is 5.75 Å². The molecule has 0 fully saturated rings. The van der Waals surface area contributed by atoms with E-state index in [0.717, 1.165) is 12.0 Å². The zero-order valence-electron chi connectivity index (χ0n) is 18.9.